The lowest BCUT2D eigenvalue weighted by Gasteiger charge is -2.29. The number of benzene rings is 2. The molecule has 1 fully saturated rings. The molecule has 0 radical (unpaired) electrons. The number of thioether (sulfide) groups is 1. The number of carbonyl (C=O) groups excluding carboxylic acids is 3. The number of carboxylic acids is 1. The molecule has 2 aromatic carbocycles. The molecule has 3 aromatic rings. The first-order valence-corrected chi connectivity index (χ1v) is 11.6. The minimum absolute atomic E-state index is 0.208. The first-order chi connectivity index (χ1) is 16.4. The number of imide groups is 1. The van der Waals surface area contributed by atoms with Crippen LogP contribution in [0.15, 0.2) is 59.6 Å². The van der Waals surface area contributed by atoms with E-state index in [1.54, 1.807) is 27.8 Å². The molecule has 0 bridgehead atoms. The molecule has 0 atom stereocenters. The lowest BCUT2D eigenvalue weighted by atomic mass is 10.00. The van der Waals surface area contributed by atoms with Crippen LogP contribution in [0, 0.1) is 0 Å². The van der Waals surface area contributed by atoms with Crippen molar-refractivity contribution in [3.8, 4) is 0 Å². The van der Waals surface area contributed by atoms with E-state index in [0.29, 0.717) is 18.7 Å². The van der Waals surface area contributed by atoms with Crippen molar-refractivity contribution < 1.29 is 24.3 Å². The monoisotopic (exact) mass is 475 g/mol. The molecule has 0 spiro atoms. The molecule has 9 heteroatoms. The first-order valence-electron chi connectivity index (χ1n) is 10.8. The van der Waals surface area contributed by atoms with Crippen LogP contribution in [0.2, 0.25) is 0 Å². The smallest absolute Gasteiger partial charge is 0.323 e. The number of carbonyl (C=O) groups is 4. The van der Waals surface area contributed by atoms with Gasteiger partial charge in [-0.05, 0) is 41.5 Å². The Bertz CT molecular complexity index is 1380. The zero-order chi connectivity index (χ0) is 23.8. The minimum atomic E-state index is -0.980. The van der Waals surface area contributed by atoms with Gasteiger partial charge < -0.3 is 14.6 Å². The Morgan fingerprint density at radius 1 is 1.00 bits per heavy atom. The van der Waals surface area contributed by atoms with E-state index >= 15 is 0 Å². The summed E-state index contributed by atoms with van der Waals surface area (Å²) in [5, 5.41) is 9.48. The minimum Gasteiger partial charge on any atom is -0.480 e. The zero-order valence-electron chi connectivity index (χ0n) is 18.1. The maximum Gasteiger partial charge on any atom is 0.323 e. The topological polar surface area (TPSA) is 99.9 Å². The average Bonchev–Trinajstić information content (AvgIpc) is 3.30. The van der Waals surface area contributed by atoms with Gasteiger partial charge in [0, 0.05) is 35.8 Å². The van der Waals surface area contributed by atoms with Crippen LogP contribution in [-0.2, 0) is 33.9 Å². The Hall–Kier alpha value is -3.85. The Morgan fingerprint density at radius 3 is 2.53 bits per heavy atom. The fourth-order valence-corrected chi connectivity index (χ4v) is 5.22. The molecule has 1 aromatic heterocycles. The second kappa shape index (κ2) is 8.83. The van der Waals surface area contributed by atoms with Crippen molar-refractivity contribution in [2.24, 2.45) is 0 Å². The SMILES string of the molecule is O=C(O)Cn1cc(C=C2SC(=O)N(CC(=O)N3CCc4ccccc4C3)C2=O)c2ccccc21. The molecule has 34 heavy (non-hydrogen) atoms. The van der Waals surface area contributed by atoms with E-state index in [9.17, 15) is 24.3 Å². The van der Waals surface area contributed by atoms with Gasteiger partial charge in [-0.15, -0.1) is 0 Å². The third-order valence-electron chi connectivity index (χ3n) is 6.06. The van der Waals surface area contributed by atoms with Gasteiger partial charge in [0.1, 0.15) is 13.1 Å². The highest BCUT2D eigenvalue weighted by Gasteiger charge is 2.37. The first kappa shape index (κ1) is 22.0. The van der Waals surface area contributed by atoms with E-state index in [1.165, 1.54) is 5.56 Å². The summed E-state index contributed by atoms with van der Waals surface area (Å²) in [5.74, 6) is -1.77. The van der Waals surface area contributed by atoms with Crippen LogP contribution in [0.3, 0.4) is 0 Å². The Morgan fingerprint density at radius 2 is 1.74 bits per heavy atom. The molecule has 1 saturated heterocycles. The number of aromatic nitrogens is 1. The second-order valence-electron chi connectivity index (χ2n) is 8.23. The third-order valence-corrected chi connectivity index (χ3v) is 6.97. The van der Waals surface area contributed by atoms with E-state index in [0.717, 1.165) is 39.5 Å². The molecular formula is C25H21N3O5S. The van der Waals surface area contributed by atoms with Crippen LogP contribution in [0.4, 0.5) is 4.79 Å². The standard InChI is InChI=1S/C25H21N3O5S/c29-22(26-10-9-16-5-1-2-6-17(16)12-26)14-28-24(32)21(34-25(28)33)11-18-13-27(15-23(30)31)20-8-4-3-7-19(18)20/h1-8,11,13H,9-10,12,14-15H2,(H,30,31). The highest BCUT2D eigenvalue weighted by molar-refractivity contribution is 8.18. The van der Waals surface area contributed by atoms with Gasteiger partial charge in [0.15, 0.2) is 0 Å². The van der Waals surface area contributed by atoms with Gasteiger partial charge >= 0.3 is 5.97 Å². The van der Waals surface area contributed by atoms with Crippen LogP contribution < -0.4 is 0 Å². The van der Waals surface area contributed by atoms with E-state index in [-0.39, 0.29) is 23.9 Å². The fourth-order valence-electron chi connectivity index (χ4n) is 4.39. The molecule has 5 rings (SSSR count). The van der Waals surface area contributed by atoms with Crippen molar-refractivity contribution in [1.29, 1.82) is 0 Å². The quantitative estimate of drug-likeness (QED) is 0.568. The number of nitrogens with zero attached hydrogens (tertiary/aromatic N) is 3. The average molecular weight is 476 g/mol. The fraction of sp³-hybridized carbons (Fsp3) is 0.200. The summed E-state index contributed by atoms with van der Waals surface area (Å²) in [5.41, 5.74) is 3.65. The van der Waals surface area contributed by atoms with Crippen molar-refractivity contribution in [3.63, 3.8) is 0 Å². The van der Waals surface area contributed by atoms with E-state index in [1.807, 2.05) is 42.5 Å². The van der Waals surface area contributed by atoms with Crippen molar-refractivity contribution in [2.75, 3.05) is 13.1 Å². The highest BCUT2D eigenvalue weighted by atomic mass is 32.2. The predicted molar refractivity (Wildman–Crippen MR) is 128 cm³/mol. The molecule has 3 heterocycles. The lowest BCUT2D eigenvalue weighted by Crippen LogP contribution is -2.44. The van der Waals surface area contributed by atoms with Crippen LogP contribution in [0.1, 0.15) is 16.7 Å². The molecule has 172 valence electrons. The van der Waals surface area contributed by atoms with Gasteiger partial charge in [0.05, 0.1) is 4.91 Å². The summed E-state index contributed by atoms with van der Waals surface area (Å²) in [6.45, 7) is 0.489. The van der Waals surface area contributed by atoms with Crippen molar-refractivity contribution in [2.45, 2.75) is 19.5 Å². The van der Waals surface area contributed by atoms with E-state index in [4.69, 9.17) is 0 Å². The molecule has 0 saturated carbocycles. The molecule has 2 aliphatic heterocycles. The van der Waals surface area contributed by atoms with Gasteiger partial charge in [0.2, 0.25) is 5.91 Å². The van der Waals surface area contributed by atoms with Crippen LogP contribution >= 0.6 is 11.8 Å². The Kier molecular flexibility index (Phi) is 5.70. The van der Waals surface area contributed by atoms with Gasteiger partial charge in [-0.3, -0.25) is 24.1 Å². The van der Waals surface area contributed by atoms with Gasteiger partial charge in [-0.25, -0.2) is 0 Å². The molecule has 1 N–H and O–H groups in total. The summed E-state index contributed by atoms with van der Waals surface area (Å²) in [6, 6.07) is 15.2. The van der Waals surface area contributed by atoms with Crippen LogP contribution in [0.5, 0.6) is 0 Å². The predicted octanol–water partition coefficient (Wildman–Crippen LogP) is 3.35. The summed E-state index contributed by atoms with van der Waals surface area (Å²) in [6.07, 6.45) is 3.99. The van der Waals surface area contributed by atoms with E-state index in [2.05, 4.69) is 0 Å². The molecular weight excluding hydrogens is 454 g/mol. The molecule has 0 aliphatic carbocycles. The largest absolute Gasteiger partial charge is 0.480 e. The van der Waals surface area contributed by atoms with Gasteiger partial charge in [-0.2, -0.15) is 0 Å². The highest BCUT2D eigenvalue weighted by Crippen LogP contribution is 2.34. The molecule has 2 aliphatic rings. The van der Waals surface area contributed by atoms with Crippen LogP contribution in [-0.4, -0.2) is 55.6 Å². The molecule has 8 nitrogen and oxygen atoms in total. The maximum atomic E-state index is 13.0. The number of hydrogen-bond acceptors (Lipinski definition) is 5. The Labute approximate surface area is 199 Å². The number of aliphatic carboxylic acids is 1. The van der Waals surface area contributed by atoms with E-state index < -0.39 is 17.1 Å². The van der Waals surface area contributed by atoms with Crippen molar-refractivity contribution >= 4 is 51.8 Å². The van der Waals surface area contributed by atoms with Crippen LogP contribution in [0.25, 0.3) is 17.0 Å². The zero-order valence-corrected chi connectivity index (χ0v) is 19.0. The number of rotatable bonds is 5. The van der Waals surface area contributed by atoms with Crippen molar-refractivity contribution in [1.82, 2.24) is 14.4 Å². The van der Waals surface area contributed by atoms with Gasteiger partial charge in [0.25, 0.3) is 11.1 Å². The van der Waals surface area contributed by atoms with Crippen molar-refractivity contribution in [3.05, 3.63) is 76.3 Å². The summed E-state index contributed by atoms with van der Waals surface area (Å²) >= 11 is 0.788. The number of para-hydroxylation sites is 1. The normalized spacial score (nSPS) is 17.0. The number of carboxylic acid groups (broad SMARTS) is 1. The summed E-state index contributed by atoms with van der Waals surface area (Å²) in [4.78, 5) is 52.6. The number of amides is 3. The second-order valence-corrected chi connectivity index (χ2v) is 9.22. The summed E-state index contributed by atoms with van der Waals surface area (Å²) in [7, 11) is 0. The number of fused-ring (bicyclic) bond motifs is 2. The summed E-state index contributed by atoms with van der Waals surface area (Å²) < 4.78 is 1.59. The van der Waals surface area contributed by atoms with Gasteiger partial charge in [-0.1, -0.05) is 42.5 Å². The maximum absolute atomic E-state index is 13.0. The Balaban J connectivity index is 1.35. The third kappa shape index (κ3) is 4.10. The molecule has 0 unspecified atom stereocenters. The number of hydrogen-bond donors (Lipinski definition) is 1. The molecule has 3 amide bonds. The lowest BCUT2D eigenvalue weighted by molar-refractivity contribution is -0.137.